The summed E-state index contributed by atoms with van der Waals surface area (Å²) in [4.78, 5) is 20.6. The second-order valence-electron chi connectivity index (χ2n) is 4.57. The molecular formula is C16H11F2N3O2. The Morgan fingerprint density at radius 1 is 1.04 bits per heavy atom. The fourth-order valence-electron chi connectivity index (χ4n) is 2.02. The summed E-state index contributed by atoms with van der Waals surface area (Å²) >= 11 is 0. The molecule has 1 heterocycles. The number of hydrogen-bond acceptors (Lipinski definition) is 4. The molecule has 0 atom stereocenters. The van der Waals surface area contributed by atoms with Crippen molar-refractivity contribution in [2.24, 2.45) is 0 Å². The van der Waals surface area contributed by atoms with Gasteiger partial charge in [-0.3, -0.25) is 9.78 Å². The summed E-state index contributed by atoms with van der Waals surface area (Å²) in [5.41, 5.74) is 1.44. The van der Waals surface area contributed by atoms with E-state index in [1.54, 1.807) is 24.3 Å². The summed E-state index contributed by atoms with van der Waals surface area (Å²) in [6, 6.07) is 13.0. The van der Waals surface area contributed by atoms with Gasteiger partial charge in [0.1, 0.15) is 11.4 Å². The van der Waals surface area contributed by atoms with Crippen LogP contribution in [0.2, 0.25) is 0 Å². The smallest absolute Gasteiger partial charge is 0.387 e. The Morgan fingerprint density at radius 3 is 2.52 bits per heavy atom. The van der Waals surface area contributed by atoms with Gasteiger partial charge in [-0.2, -0.15) is 8.78 Å². The molecule has 1 N–H and O–H groups in total. The van der Waals surface area contributed by atoms with Gasteiger partial charge >= 0.3 is 6.61 Å². The number of rotatable bonds is 4. The lowest BCUT2D eigenvalue weighted by Crippen LogP contribution is -2.15. The zero-order valence-corrected chi connectivity index (χ0v) is 11.7. The number of hydrogen-bond donors (Lipinski definition) is 1. The zero-order valence-electron chi connectivity index (χ0n) is 11.7. The minimum Gasteiger partial charge on any atom is -0.433 e. The van der Waals surface area contributed by atoms with Crippen LogP contribution >= 0.6 is 0 Å². The Balaban J connectivity index is 1.86. The molecular weight excluding hydrogens is 304 g/mol. The number of halogens is 2. The molecule has 0 fully saturated rings. The van der Waals surface area contributed by atoms with E-state index in [-0.39, 0.29) is 17.1 Å². The molecule has 0 spiro atoms. The normalized spacial score (nSPS) is 10.7. The number of alkyl halides is 2. The second-order valence-corrected chi connectivity index (χ2v) is 4.57. The Labute approximate surface area is 129 Å². The molecule has 1 aromatic heterocycles. The molecule has 116 valence electrons. The van der Waals surface area contributed by atoms with Gasteiger partial charge in [-0.1, -0.05) is 24.3 Å². The van der Waals surface area contributed by atoms with Crippen molar-refractivity contribution in [2.75, 3.05) is 5.32 Å². The number of benzene rings is 2. The summed E-state index contributed by atoms with van der Waals surface area (Å²) in [6.45, 7) is -2.98. The van der Waals surface area contributed by atoms with Gasteiger partial charge in [0.15, 0.2) is 0 Å². The molecule has 0 radical (unpaired) electrons. The molecule has 0 aliphatic rings. The lowest BCUT2D eigenvalue weighted by atomic mass is 10.2. The maximum absolute atomic E-state index is 12.4. The quantitative estimate of drug-likeness (QED) is 0.800. The Bertz CT molecular complexity index is 855. The van der Waals surface area contributed by atoms with Gasteiger partial charge in [0.2, 0.25) is 0 Å². The summed E-state index contributed by atoms with van der Waals surface area (Å²) in [5.74, 6) is -0.682. The molecule has 3 aromatic rings. The van der Waals surface area contributed by atoms with Crippen molar-refractivity contribution in [1.82, 2.24) is 9.97 Å². The molecule has 0 bridgehead atoms. The number of nitrogens with one attached hydrogen (secondary N) is 1. The number of carbonyl (C=O) groups excluding carboxylic acids is 1. The fraction of sp³-hybridized carbons (Fsp3) is 0.0625. The van der Waals surface area contributed by atoms with E-state index in [4.69, 9.17) is 0 Å². The van der Waals surface area contributed by atoms with E-state index in [0.29, 0.717) is 11.0 Å². The highest BCUT2D eigenvalue weighted by Gasteiger charge is 2.14. The van der Waals surface area contributed by atoms with Gasteiger partial charge in [-0.15, -0.1) is 0 Å². The number of fused-ring (bicyclic) bond motifs is 1. The number of nitrogens with zero attached hydrogens (tertiary/aromatic N) is 2. The third kappa shape index (κ3) is 3.39. The molecule has 2 aromatic carbocycles. The number of anilines is 1. The van der Waals surface area contributed by atoms with E-state index in [1.807, 2.05) is 6.07 Å². The highest BCUT2D eigenvalue weighted by molar-refractivity contribution is 6.04. The van der Waals surface area contributed by atoms with Crippen molar-refractivity contribution in [1.29, 1.82) is 0 Å². The average Bonchev–Trinajstić information content (AvgIpc) is 2.55. The van der Waals surface area contributed by atoms with Crippen LogP contribution < -0.4 is 10.1 Å². The monoisotopic (exact) mass is 315 g/mol. The first-order chi connectivity index (χ1) is 11.1. The predicted molar refractivity (Wildman–Crippen MR) is 80.6 cm³/mol. The average molecular weight is 315 g/mol. The first-order valence-electron chi connectivity index (χ1n) is 6.70. The molecule has 1 amide bonds. The van der Waals surface area contributed by atoms with Crippen molar-refractivity contribution in [2.45, 2.75) is 6.61 Å². The number of aromatic nitrogens is 2. The lowest BCUT2D eigenvalue weighted by Gasteiger charge is -2.11. The third-order valence-electron chi connectivity index (χ3n) is 3.03. The molecule has 0 saturated heterocycles. The maximum atomic E-state index is 12.4. The first kappa shape index (κ1) is 14.8. The zero-order chi connectivity index (χ0) is 16.2. The lowest BCUT2D eigenvalue weighted by molar-refractivity contribution is -0.0493. The van der Waals surface area contributed by atoms with Crippen molar-refractivity contribution in [3.8, 4) is 5.75 Å². The van der Waals surface area contributed by atoms with Crippen LogP contribution in [0.3, 0.4) is 0 Å². The Kier molecular flexibility index (Phi) is 4.09. The maximum Gasteiger partial charge on any atom is 0.387 e. The third-order valence-corrected chi connectivity index (χ3v) is 3.03. The van der Waals surface area contributed by atoms with E-state index in [2.05, 4.69) is 20.0 Å². The second kappa shape index (κ2) is 6.35. The largest absolute Gasteiger partial charge is 0.433 e. The van der Waals surface area contributed by atoms with Crippen LogP contribution in [0.5, 0.6) is 5.75 Å². The SMILES string of the molecule is O=C(Nc1ccccc1OC(F)F)c1cnc2ccccc2n1. The first-order valence-corrected chi connectivity index (χ1v) is 6.70. The van der Waals surface area contributed by atoms with Crippen LogP contribution in [0, 0.1) is 0 Å². The Hall–Kier alpha value is -3.09. The summed E-state index contributed by atoms with van der Waals surface area (Å²) in [7, 11) is 0. The van der Waals surface area contributed by atoms with Crippen molar-refractivity contribution < 1.29 is 18.3 Å². The van der Waals surface area contributed by atoms with Crippen LogP contribution in [0.4, 0.5) is 14.5 Å². The van der Waals surface area contributed by atoms with Crippen LogP contribution in [0.1, 0.15) is 10.5 Å². The summed E-state index contributed by atoms with van der Waals surface area (Å²) in [5, 5.41) is 2.50. The molecule has 23 heavy (non-hydrogen) atoms. The van der Waals surface area contributed by atoms with E-state index in [1.165, 1.54) is 24.4 Å². The van der Waals surface area contributed by atoms with Crippen molar-refractivity contribution in [3.63, 3.8) is 0 Å². The molecule has 7 heteroatoms. The van der Waals surface area contributed by atoms with E-state index < -0.39 is 12.5 Å². The predicted octanol–water partition coefficient (Wildman–Crippen LogP) is 3.48. The van der Waals surface area contributed by atoms with Crippen LogP contribution in [0.15, 0.2) is 54.7 Å². The minimum absolute atomic E-state index is 0.0792. The highest BCUT2D eigenvalue weighted by Crippen LogP contribution is 2.25. The fourth-order valence-corrected chi connectivity index (χ4v) is 2.02. The van der Waals surface area contributed by atoms with Crippen LogP contribution in [0.25, 0.3) is 11.0 Å². The van der Waals surface area contributed by atoms with Gasteiger partial charge in [0.25, 0.3) is 5.91 Å². The molecule has 0 unspecified atom stereocenters. The van der Waals surface area contributed by atoms with Gasteiger partial charge in [0, 0.05) is 0 Å². The van der Waals surface area contributed by atoms with E-state index in [9.17, 15) is 13.6 Å². The standard InChI is InChI=1S/C16H11F2N3O2/c17-16(18)23-14-8-4-3-7-12(14)21-15(22)13-9-19-10-5-1-2-6-11(10)20-13/h1-9,16H,(H,21,22). The van der Waals surface area contributed by atoms with Gasteiger partial charge in [0.05, 0.1) is 22.9 Å². The number of amides is 1. The van der Waals surface area contributed by atoms with Gasteiger partial charge < -0.3 is 10.1 Å². The number of ether oxygens (including phenoxy) is 1. The molecule has 0 aliphatic carbocycles. The molecule has 5 nitrogen and oxygen atoms in total. The number of carbonyl (C=O) groups is 1. The Morgan fingerprint density at radius 2 is 1.74 bits per heavy atom. The van der Waals surface area contributed by atoms with Gasteiger partial charge in [-0.05, 0) is 24.3 Å². The summed E-state index contributed by atoms with van der Waals surface area (Å²) < 4.78 is 29.1. The van der Waals surface area contributed by atoms with E-state index in [0.717, 1.165) is 0 Å². The van der Waals surface area contributed by atoms with Crippen LogP contribution in [-0.4, -0.2) is 22.5 Å². The highest BCUT2D eigenvalue weighted by atomic mass is 19.3. The topological polar surface area (TPSA) is 64.1 Å². The molecule has 0 saturated carbocycles. The van der Waals surface area contributed by atoms with E-state index >= 15 is 0 Å². The molecule has 0 aliphatic heterocycles. The molecule has 3 rings (SSSR count). The summed E-state index contributed by atoms with van der Waals surface area (Å²) in [6.07, 6.45) is 1.33. The van der Waals surface area contributed by atoms with Crippen molar-refractivity contribution >= 4 is 22.6 Å². The van der Waals surface area contributed by atoms with Crippen molar-refractivity contribution in [3.05, 3.63) is 60.4 Å². The minimum atomic E-state index is -2.98. The van der Waals surface area contributed by atoms with Gasteiger partial charge in [-0.25, -0.2) is 4.98 Å². The number of para-hydroxylation sites is 4. The van der Waals surface area contributed by atoms with Crippen LogP contribution in [-0.2, 0) is 0 Å².